The van der Waals surface area contributed by atoms with Gasteiger partial charge in [-0.15, -0.1) is 11.8 Å². The number of hydrogen-bond donors (Lipinski definition) is 0. The maximum Gasteiger partial charge on any atom is 0.230 e. The van der Waals surface area contributed by atoms with Gasteiger partial charge in [0.25, 0.3) is 0 Å². The zero-order valence-electron chi connectivity index (χ0n) is 5.13. The molecule has 0 aromatic rings. The van der Waals surface area contributed by atoms with Crippen molar-refractivity contribution in [3.05, 3.63) is 11.1 Å². The first kappa shape index (κ1) is 5.35. The second-order valence-corrected chi connectivity index (χ2v) is 3.74. The molecule has 2 rings (SSSR count). The van der Waals surface area contributed by atoms with Crippen LogP contribution in [0.15, 0.2) is 11.1 Å². The molecule has 0 N–H and O–H groups in total. The standard InChI is InChI=1S/C6H7NOS/c1-4-3-7-5(8)2-6(7)9-4/h3,6H,2H2,1H3/t6-/m0/s1. The SMILES string of the molecule is CC1=CN2C(=O)C[C@@H]2S1. The number of fused-ring (bicyclic) bond motifs is 1. The lowest BCUT2D eigenvalue weighted by atomic mass is 10.2. The van der Waals surface area contributed by atoms with Crippen LogP contribution in [0.5, 0.6) is 0 Å². The average molecular weight is 141 g/mol. The summed E-state index contributed by atoms with van der Waals surface area (Å²) < 4.78 is 0. The van der Waals surface area contributed by atoms with E-state index >= 15 is 0 Å². The van der Waals surface area contributed by atoms with Crippen LogP contribution >= 0.6 is 11.8 Å². The van der Waals surface area contributed by atoms with Gasteiger partial charge < -0.3 is 4.90 Å². The van der Waals surface area contributed by atoms with E-state index in [2.05, 4.69) is 0 Å². The third-order valence-electron chi connectivity index (χ3n) is 1.59. The van der Waals surface area contributed by atoms with Crippen LogP contribution in [-0.4, -0.2) is 16.2 Å². The van der Waals surface area contributed by atoms with Gasteiger partial charge in [0.1, 0.15) is 0 Å². The molecule has 2 aliphatic rings. The molecule has 0 unspecified atom stereocenters. The van der Waals surface area contributed by atoms with E-state index in [9.17, 15) is 4.79 Å². The van der Waals surface area contributed by atoms with Crippen molar-refractivity contribution in [1.82, 2.24) is 4.90 Å². The van der Waals surface area contributed by atoms with Gasteiger partial charge in [0.15, 0.2) is 0 Å². The fourth-order valence-electron chi connectivity index (χ4n) is 1.10. The maximum atomic E-state index is 10.7. The van der Waals surface area contributed by atoms with E-state index in [0.29, 0.717) is 5.37 Å². The van der Waals surface area contributed by atoms with E-state index in [-0.39, 0.29) is 5.91 Å². The summed E-state index contributed by atoms with van der Waals surface area (Å²) in [5, 5.41) is 0.456. The third kappa shape index (κ3) is 0.611. The molecule has 2 nitrogen and oxygen atoms in total. The lowest BCUT2D eigenvalue weighted by molar-refractivity contribution is -0.137. The molecule has 2 heterocycles. The van der Waals surface area contributed by atoms with Crippen LogP contribution in [0.4, 0.5) is 0 Å². The van der Waals surface area contributed by atoms with E-state index in [0.717, 1.165) is 6.42 Å². The number of rotatable bonds is 0. The molecule has 0 aromatic carbocycles. The summed E-state index contributed by atoms with van der Waals surface area (Å²) in [6, 6.07) is 0. The van der Waals surface area contributed by atoms with E-state index in [1.54, 1.807) is 16.7 Å². The summed E-state index contributed by atoms with van der Waals surface area (Å²) in [4.78, 5) is 13.8. The highest BCUT2D eigenvalue weighted by Crippen LogP contribution is 2.40. The number of β-lactam (4-membered cyclic amide) rings is 1. The first-order valence-corrected chi connectivity index (χ1v) is 3.81. The van der Waals surface area contributed by atoms with E-state index in [4.69, 9.17) is 0 Å². The topological polar surface area (TPSA) is 20.3 Å². The van der Waals surface area contributed by atoms with Crippen molar-refractivity contribution in [2.45, 2.75) is 18.7 Å². The number of carbonyl (C=O) groups excluding carboxylic acids is 1. The minimum atomic E-state index is 0.268. The Labute approximate surface area is 57.9 Å². The molecular weight excluding hydrogens is 134 g/mol. The predicted molar refractivity (Wildman–Crippen MR) is 36.6 cm³/mol. The highest BCUT2D eigenvalue weighted by atomic mass is 32.2. The number of nitrogens with zero attached hydrogens (tertiary/aromatic N) is 1. The van der Waals surface area contributed by atoms with Gasteiger partial charge in [0, 0.05) is 11.1 Å². The number of allylic oxidation sites excluding steroid dienone is 1. The quantitative estimate of drug-likeness (QED) is 0.472. The molecule has 1 fully saturated rings. The van der Waals surface area contributed by atoms with Crippen LogP contribution in [-0.2, 0) is 4.79 Å². The van der Waals surface area contributed by atoms with Crippen LogP contribution in [0.2, 0.25) is 0 Å². The summed E-state index contributed by atoms with van der Waals surface area (Å²) in [7, 11) is 0. The zero-order chi connectivity index (χ0) is 6.43. The van der Waals surface area contributed by atoms with Crippen molar-refractivity contribution in [3.63, 3.8) is 0 Å². The number of hydrogen-bond acceptors (Lipinski definition) is 2. The van der Waals surface area contributed by atoms with Gasteiger partial charge in [-0.05, 0) is 6.92 Å². The molecule has 0 aliphatic carbocycles. The van der Waals surface area contributed by atoms with Crippen molar-refractivity contribution < 1.29 is 4.79 Å². The number of carbonyl (C=O) groups is 1. The second kappa shape index (κ2) is 1.53. The summed E-state index contributed by atoms with van der Waals surface area (Å²) >= 11 is 1.79. The highest BCUT2D eigenvalue weighted by Gasteiger charge is 2.39. The van der Waals surface area contributed by atoms with Gasteiger partial charge >= 0.3 is 0 Å². The minimum absolute atomic E-state index is 0.268. The van der Waals surface area contributed by atoms with Gasteiger partial charge in [-0.25, -0.2) is 0 Å². The van der Waals surface area contributed by atoms with Crippen molar-refractivity contribution in [3.8, 4) is 0 Å². The van der Waals surface area contributed by atoms with Crippen LogP contribution < -0.4 is 0 Å². The van der Waals surface area contributed by atoms with Crippen LogP contribution in [0, 0.1) is 0 Å². The van der Waals surface area contributed by atoms with Crippen molar-refractivity contribution >= 4 is 17.7 Å². The van der Waals surface area contributed by atoms with E-state index in [1.807, 2.05) is 13.1 Å². The van der Waals surface area contributed by atoms with Gasteiger partial charge in [-0.2, -0.15) is 0 Å². The molecule has 0 aromatic heterocycles. The molecule has 3 heteroatoms. The number of thioether (sulfide) groups is 1. The third-order valence-corrected chi connectivity index (χ3v) is 2.73. The number of amides is 1. The van der Waals surface area contributed by atoms with Gasteiger partial charge in [0.2, 0.25) is 5.91 Å². The average Bonchev–Trinajstić information content (AvgIpc) is 2.08. The van der Waals surface area contributed by atoms with Gasteiger partial charge in [-0.3, -0.25) is 4.79 Å². The molecule has 0 radical (unpaired) electrons. The molecule has 1 atom stereocenters. The van der Waals surface area contributed by atoms with Crippen LogP contribution in [0.1, 0.15) is 13.3 Å². The Morgan fingerprint density at radius 2 is 2.67 bits per heavy atom. The molecule has 9 heavy (non-hydrogen) atoms. The first-order chi connectivity index (χ1) is 4.27. The Balaban J connectivity index is 2.21. The first-order valence-electron chi connectivity index (χ1n) is 2.93. The maximum absolute atomic E-state index is 10.7. The predicted octanol–water partition coefficient (Wildman–Crippen LogP) is 1.15. The van der Waals surface area contributed by atoms with Gasteiger partial charge in [-0.1, -0.05) is 0 Å². The van der Waals surface area contributed by atoms with Crippen LogP contribution in [0.3, 0.4) is 0 Å². The Kier molecular flexibility index (Phi) is 0.913. The Morgan fingerprint density at radius 1 is 1.89 bits per heavy atom. The zero-order valence-corrected chi connectivity index (χ0v) is 5.94. The molecule has 48 valence electrons. The van der Waals surface area contributed by atoms with E-state index in [1.165, 1.54) is 4.91 Å². The largest absolute Gasteiger partial charge is 0.305 e. The highest BCUT2D eigenvalue weighted by molar-refractivity contribution is 8.03. The second-order valence-electron chi connectivity index (χ2n) is 2.32. The summed E-state index contributed by atoms with van der Waals surface area (Å²) in [5.74, 6) is 0.268. The van der Waals surface area contributed by atoms with Crippen molar-refractivity contribution in [2.24, 2.45) is 0 Å². The Morgan fingerprint density at radius 3 is 3.11 bits per heavy atom. The summed E-state index contributed by atoms with van der Waals surface area (Å²) in [6.07, 6.45) is 2.67. The fraction of sp³-hybridized carbons (Fsp3) is 0.500. The summed E-state index contributed by atoms with van der Waals surface area (Å²) in [6.45, 7) is 2.04. The van der Waals surface area contributed by atoms with Crippen LogP contribution in [0.25, 0.3) is 0 Å². The lowest BCUT2D eigenvalue weighted by Crippen LogP contribution is -2.44. The lowest BCUT2D eigenvalue weighted by Gasteiger charge is -2.31. The molecule has 2 aliphatic heterocycles. The minimum Gasteiger partial charge on any atom is -0.305 e. The van der Waals surface area contributed by atoms with Crippen molar-refractivity contribution in [1.29, 1.82) is 0 Å². The molecule has 1 saturated heterocycles. The Hall–Kier alpha value is -0.440. The molecule has 0 saturated carbocycles. The van der Waals surface area contributed by atoms with Gasteiger partial charge in [0.05, 0.1) is 11.8 Å². The molecular formula is C6H7NOS. The monoisotopic (exact) mass is 141 g/mol. The Bertz CT molecular complexity index is 199. The normalized spacial score (nSPS) is 31.7. The van der Waals surface area contributed by atoms with Crippen molar-refractivity contribution in [2.75, 3.05) is 0 Å². The van der Waals surface area contributed by atoms with E-state index < -0.39 is 0 Å². The summed E-state index contributed by atoms with van der Waals surface area (Å²) in [5.41, 5.74) is 0. The fourth-order valence-corrected chi connectivity index (χ4v) is 2.22. The molecule has 0 spiro atoms. The smallest absolute Gasteiger partial charge is 0.230 e. The molecule has 0 bridgehead atoms. The molecule has 1 amide bonds.